The zero-order chi connectivity index (χ0) is 14.0. The summed E-state index contributed by atoms with van der Waals surface area (Å²) in [5, 5.41) is 21.6. The van der Waals surface area contributed by atoms with Crippen LogP contribution in [0.15, 0.2) is 22.7 Å². The number of phenolic OH excluding ortho intramolecular Hbond substituents is 1. The molecule has 0 radical (unpaired) electrons. The summed E-state index contributed by atoms with van der Waals surface area (Å²) in [5.41, 5.74) is -1.12. The van der Waals surface area contributed by atoms with Crippen LogP contribution in [0.25, 0.3) is 0 Å². The first-order valence-corrected chi connectivity index (χ1v) is 6.78. The third-order valence-corrected chi connectivity index (χ3v) is 3.92. The number of carboxylic acids is 1. The number of carbonyl (C=O) groups excluding carboxylic acids is 1. The Hall–Kier alpha value is -1.56. The molecule has 19 heavy (non-hydrogen) atoms. The second kappa shape index (κ2) is 5.21. The van der Waals surface area contributed by atoms with E-state index in [9.17, 15) is 19.8 Å². The maximum absolute atomic E-state index is 12.1. The second-order valence-corrected chi connectivity index (χ2v) is 5.63. The van der Waals surface area contributed by atoms with Crippen molar-refractivity contribution in [2.75, 3.05) is 0 Å². The van der Waals surface area contributed by atoms with Crippen LogP contribution in [0.2, 0.25) is 0 Å². The first-order valence-electron chi connectivity index (χ1n) is 5.99. The lowest BCUT2D eigenvalue weighted by Gasteiger charge is -2.25. The first-order chi connectivity index (χ1) is 8.94. The van der Waals surface area contributed by atoms with Crippen molar-refractivity contribution in [1.82, 2.24) is 5.32 Å². The lowest BCUT2D eigenvalue weighted by atomic mass is 9.97. The van der Waals surface area contributed by atoms with Crippen LogP contribution in [0.5, 0.6) is 5.75 Å². The number of amides is 1. The number of hydrogen-bond acceptors (Lipinski definition) is 3. The summed E-state index contributed by atoms with van der Waals surface area (Å²) >= 11 is 3.18. The molecule has 3 N–H and O–H groups in total. The summed E-state index contributed by atoms with van der Waals surface area (Å²) in [6.45, 7) is 0. The molecular formula is C13H14BrNO4. The van der Waals surface area contributed by atoms with Gasteiger partial charge in [0.2, 0.25) is 0 Å². The van der Waals surface area contributed by atoms with Crippen molar-refractivity contribution < 1.29 is 19.8 Å². The Balaban J connectivity index is 2.22. The number of carbonyl (C=O) groups is 2. The van der Waals surface area contributed by atoms with Crippen molar-refractivity contribution in [3.05, 3.63) is 28.2 Å². The molecule has 1 aromatic rings. The van der Waals surface area contributed by atoms with E-state index in [0.29, 0.717) is 17.3 Å². The first kappa shape index (κ1) is 13.9. The fraction of sp³-hybridized carbons (Fsp3) is 0.385. The highest BCUT2D eigenvalue weighted by molar-refractivity contribution is 9.10. The lowest BCUT2D eigenvalue weighted by molar-refractivity contribution is -0.144. The van der Waals surface area contributed by atoms with Crippen molar-refractivity contribution in [2.45, 2.75) is 31.2 Å². The third-order valence-electron chi connectivity index (χ3n) is 3.42. The molecule has 0 aliphatic heterocycles. The smallest absolute Gasteiger partial charge is 0.329 e. The van der Waals surface area contributed by atoms with Crippen molar-refractivity contribution >= 4 is 27.8 Å². The normalized spacial score (nSPS) is 17.1. The Morgan fingerprint density at radius 3 is 2.42 bits per heavy atom. The van der Waals surface area contributed by atoms with Gasteiger partial charge in [0.05, 0.1) is 5.56 Å². The minimum Gasteiger partial charge on any atom is -0.507 e. The van der Waals surface area contributed by atoms with Crippen LogP contribution in [0.3, 0.4) is 0 Å². The minimum atomic E-state index is -1.20. The highest BCUT2D eigenvalue weighted by atomic mass is 79.9. The quantitative estimate of drug-likeness (QED) is 0.794. The molecule has 1 aliphatic carbocycles. The highest BCUT2D eigenvalue weighted by Gasteiger charge is 2.42. The Morgan fingerprint density at radius 1 is 1.26 bits per heavy atom. The van der Waals surface area contributed by atoms with Crippen LogP contribution < -0.4 is 5.32 Å². The molecule has 0 bridgehead atoms. The SMILES string of the molecule is O=C(NC1(C(=O)O)CCCC1)c1ccc(Br)cc1O. The molecular weight excluding hydrogens is 314 g/mol. The van der Waals surface area contributed by atoms with Crippen LogP contribution in [-0.4, -0.2) is 27.6 Å². The van der Waals surface area contributed by atoms with Crippen molar-refractivity contribution in [3.8, 4) is 5.75 Å². The number of halogens is 1. The van der Waals surface area contributed by atoms with Gasteiger partial charge in [0.15, 0.2) is 0 Å². The maximum atomic E-state index is 12.1. The largest absolute Gasteiger partial charge is 0.507 e. The van der Waals surface area contributed by atoms with E-state index in [-0.39, 0.29) is 11.3 Å². The molecule has 0 unspecified atom stereocenters. The average molecular weight is 328 g/mol. The van der Waals surface area contributed by atoms with Gasteiger partial charge in [0.1, 0.15) is 11.3 Å². The van der Waals surface area contributed by atoms with Gasteiger partial charge in [-0.15, -0.1) is 0 Å². The molecule has 0 heterocycles. The van der Waals surface area contributed by atoms with Gasteiger partial charge < -0.3 is 15.5 Å². The van der Waals surface area contributed by atoms with E-state index in [1.807, 2.05) is 0 Å². The van der Waals surface area contributed by atoms with Crippen molar-refractivity contribution in [1.29, 1.82) is 0 Å². The Bertz CT molecular complexity index is 523. The van der Waals surface area contributed by atoms with Crippen LogP contribution in [0.1, 0.15) is 36.0 Å². The minimum absolute atomic E-state index is 0.0794. The number of phenols is 1. The fourth-order valence-electron chi connectivity index (χ4n) is 2.35. The van der Waals surface area contributed by atoms with E-state index in [1.54, 1.807) is 6.07 Å². The van der Waals surface area contributed by atoms with E-state index >= 15 is 0 Å². The van der Waals surface area contributed by atoms with Crippen LogP contribution >= 0.6 is 15.9 Å². The van der Waals surface area contributed by atoms with E-state index in [4.69, 9.17) is 0 Å². The number of aliphatic carboxylic acids is 1. The number of nitrogens with one attached hydrogen (secondary N) is 1. The summed E-state index contributed by atoms with van der Waals surface area (Å²) in [6, 6.07) is 4.48. The van der Waals surface area contributed by atoms with Gasteiger partial charge in [-0.3, -0.25) is 4.79 Å². The van der Waals surface area contributed by atoms with Crippen LogP contribution in [0.4, 0.5) is 0 Å². The molecule has 1 amide bonds. The van der Waals surface area contributed by atoms with E-state index < -0.39 is 17.4 Å². The number of hydrogen-bond donors (Lipinski definition) is 3. The lowest BCUT2D eigenvalue weighted by Crippen LogP contribution is -2.52. The molecule has 5 nitrogen and oxygen atoms in total. The molecule has 1 aromatic carbocycles. The van der Waals surface area contributed by atoms with Crippen molar-refractivity contribution in [3.63, 3.8) is 0 Å². The molecule has 1 fully saturated rings. The predicted molar refractivity (Wildman–Crippen MR) is 72.1 cm³/mol. The number of carboxylic acid groups (broad SMARTS) is 1. The molecule has 0 saturated heterocycles. The predicted octanol–water partition coefficient (Wildman–Crippen LogP) is 2.28. The monoisotopic (exact) mass is 327 g/mol. The Labute approximate surface area is 118 Å². The molecule has 102 valence electrons. The van der Waals surface area contributed by atoms with E-state index in [0.717, 1.165) is 12.8 Å². The number of rotatable bonds is 3. The summed E-state index contributed by atoms with van der Waals surface area (Å²) in [7, 11) is 0. The number of aromatic hydroxyl groups is 1. The van der Waals surface area contributed by atoms with Gasteiger partial charge >= 0.3 is 5.97 Å². The zero-order valence-electron chi connectivity index (χ0n) is 10.1. The van der Waals surface area contributed by atoms with Gasteiger partial charge in [-0.2, -0.15) is 0 Å². The van der Waals surface area contributed by atoms with Gasteiger partial charge in [0, 0.05) is 4.47 Å². The summed E-state index contributed by atoms with van der Waals surface area (Å²) in [4.78, 5) is 23.4. The average Bonchev–Trinajstić information content (AvgIpc) is 2.78. The van der Waals surface area contributed by atoms with E-state index in [1.165, 1.54) is 12.1 Å². The molecule has 2 rings (SSSR count). The zero-order valence-corrected chi connectivity index (χ0v) is 11.7. The summed E-state index contributed by atoms with van der Waals surface area (Å²) < 4.78 is 0.648. The maximum Gasteiger partial charge on any atom is 0.329 e. The van der Waals surface area contributed by atoms with Crippen molar-refractivity contribution in [2.24, 2.45) is 0 Å². The Morgan fingerprint density at radius 2 is 1.89 bits per heavy atom. The Kier molecular flexibility index (Phi) is 3.80. The van der Waals surface area contributed by atoms with Gasteiger partial charge in [-0.05, 0) is 31.0 Å². The standard InChI is InChI=1S/C13H14BrNO4/c14-8-3-4-9(10(16)7-8)11(17)15-13(12(18)19)5-1-2-6-13/h3-4,7,16H,1-2,5-6H2,(H,15,17)(H,18,19). The van der Waals surface area contributed by atoms with Crippen LogP contribution in [0, 0.1) is 0 Å². The van der Waals surface area contributed by atoms with Gasteiger partial charge in [0.25, 0.3) is 5.91 Å². The molecule has 1 aliphatic rings. The topological polar surface area (TPSA) is 86.6 Å². The molecule has 0 aromatic heterocycles. The van der Waals surface area contributed by atoms with Gasteiger partial charge in [-0.1, -0.05) is 28.8 Å². The number of benzene rings is 1. The van der Waals surface area contributed by atoms with Crippen LogP contribution in [-0.2, 0) is 4.79 Å². The molecule has 1 saturated carbocycles. The molecule has 0 spiro atoms. The summed E-state index contributed by atoms with van der Waals surface area (Å²) in [6.07, 6.45) is 2.40. The third kappa shape index (κ3) is 2.73. The molecule has 6 heteroatoms. The summed E-state index contributed by atoms with van der Waals surface area (Å²) in [5.74, 6) is -1.75. The second-order valence-electron chi connectivity index (χ2n) is 4.71. The highest BCUT2D eigenvalue weighted by Crippen LogP contribution is 2.31. The van der Waals surface area contributed by atoms with Gasteiger partial charge in [-0.25, -0.2) is 4.79 Å². The molecule has 0 atom stereocenters. The fourth-order valence-corrected chi connectivity index (χ4v) is 2.70. The van der Waals surface area contributed by atoms with E-state index in [2.05, 4.69) is 21.2 Å².